The summed E-state index contributed by atoms with van der Waals surface area (Å²) in [6, 6.07) is 20.5. The van der Waals surface area contributed by atoms with Crippen molar-refractivity contribution in [1.29, 1.82) is 0 Å². The van der Waals surface area contributed by atoms with Crippen LogP contribution in [0.3, 0.4) is 0 Å². The molecule has 0 radical (unpaired) electrons. The molecule has 1 N–H and O–H groups in total. The van der Waals surface area contributed by atoms with E-state index in [1.165, 1.54) is 0 Å². The Morgan fingerprint density at radius 3 is 1.67 bits per heavy atom. The van der Waals surface area contributed by atoms with E-state index in [-0.39, 0.29) is 24.7 Å². The molecule has 2 aromatic carbocycles. The van der Waals surface area contributed by atoms with Crippen LogP contribution in [0.25, 0.3) is 0 Å². The van der Waals surface area contributed by atoms with Gasteiger partial charge in [-0.25, -0.2) is 0 Å². The van der Waals surface area contributed by atoms with Gasteiger partial charge in [-0.05, 0) is 36.8 Å². The highest BCUT2D eigenvalue weighted by Crippen LogP contribution is 2.29. The Bertz CT molecular complexity index is 732. The number of rotatable bonds is 11. The smallest absolute Gasteiger partial charge is 0.320 e. The molecule has 0 spiro atoms. The zero-order valence-corrected chi connectivity index (χ0v) is 18.4. The third-order valence-electron chi connectivity index (χ3n) is 4.95. The molecule has 162 valence electrons. The van der Waals surface area contributed by atoms with Crippen molar-refractivity contribution in [2.24, 2.45) is 11.3 Å². The molecule has 5 heteroatoms. The number of benzene rings is 2. The molecular weight excluding hydrogens is 378 g/mol. The van der Waals surface area contributed by atoms with Gasteiger partial charge >= 0.3 is 11.9 Å². The molecule has 0 atom stereocenters. The molecule has 0 aliphatic carbocycles. The van der Waals surface area contributed by atoms with E-state index < -0.39 is 17.9 Å². The number of carbonyl (C=O) groups excluding carboxylic acids is 2. The maximum Gasteiger partial charge on any atom is 0.320 e. The van der Waals surface area contributed by atoms with Crippen LogP contribution in [-0.4, -0.2) is 31.7 Å². The predicted molar refractivity (Wildman–Crippen MR) is 118 cm³/mol. The van der Waals surface area contributed by atoms with Crippen LogP contribution in [-0.2, 0) is 19.1 Å². The van der Waals surface area contributed by atoms with Crippen molar-refractivity contribution in [2.75, 3.05) is 19.8 Å². The Kier molecular flexibility index (Phi) is 9.06. The number of carbonyl (C=O) groups is 2. The van der Waals surface area contributed by atoms with E-state index in [1.807, 2.05) is 50.2 Å². The van der Waals surface area contributed by atoms with Crippen LogP contribution in [0, 0.1) is 11.3 Å². The number of ether oxygens (including phenoxy) is 2. The predicted octanol–water partition coefficient (Wildman–Crippen LogP) is 4.52. The average molecular weight is 412 g/mol. The van der Waals surface area contributed by atoms with Gasteiger partial charge in [0.1, 0.15) is 0 Å². The van der Waals surface area contributed by atoms with Crippen LogP contribution in [0.1, 0.15) is 51.3 Å². The highest BCUT2D eigenvalue weighted by Gasteiger charge is 2.35. The van der Waals surface area contributed by atoms with E-state index in [1.54, 1.807) is 13.8 Å². The second kappa shape index (κ2) is 11.5. The second-order valence-electron chi connectivity index (χ2n) is 8.06. The van der Waals surface area contributed by atoms with E-state index in [0.717, 1.165) is 11.1 Å². The topological polar surface area (TPSA) is 64.6 Å². The largest absolute Gasteiger partial charge is 0.465 e. The Labute approximate surface area is 179 Å². The van der Waals surface area contributed by atoms with Gasteiger partial charge in [0.25, 0.3) is 0 Å². The van der Waals surface area contributed by atoms with Crippen LogP contribution in [0.4, 0.5) is 0 Å². The lowest BCUT2D eigenvalue weighted by atomic mass is 9.82. The Morgan fingerprint density at radius 1 is 0.833 bits per heavy atom. The lowest BCUT2D eigenvalue weighted by Crippen LogP contribution is -2.38. The van der Waals surface area contributed by atoms with Crippen molar-refractivity contribution in [1.82, 2.24) is 5.32 Å². The summed E-state index contributed by atoms with van der Waals surface area (Å²) >= 11 is 0. The standard InChI is InChI=1S/C25H33NO4/c1-5-29-23(27)21(24(28)30-6-2)17-25(3,4)18-26-22(19-13-9-7-10-14-19)20-15-11-8-12-16-20/h7-16,21-22,26H,5-6,17-18H2,1-4H3. The van der Waals surface area contributed by atoms with E-state index in [2.05, 4.69) is 29.6 Å². The lowest BCUT2D eigenvalue weighted by molar-refractivity contribution is -0.163. The first-order valence-corrected chi connectivity index (χ1v) is 10.5. The molecule has 0 unspecified atom stereocenters. The third-order valence-corrected chi connectivity index (χ3v) is 4.95. The first kappa shape index (κ1) is 23.6. The first-order valence-electron chi connectivity index (χ1n) is 10.5. The van der Waals surface area contributed by atoms with E-state index in [0.29, 0.717) is 13.0 Å². The fourth-order valence-electron chi connectivity index (χ4n) is 3.47. The number of hydrogen-bond donors (Lipinski definition) is 1. The third kappa shape index (κ3) is 6.99. The van der Waals surface area contributed by atoms with Crippen LogP contribution < -0.4 is 5.32 Å². The summed E-state index contributed by atoms with van der Waals surface area (Å²) < 4.78 is 10.2. The van der Waals surface area contributed by atoms with Gasteiger partial charge in [0, 0.05) is 6.54 Å². The van der Waals surface area contributed by atoms with Crippen molar-refractivity contribution in [3.63, 3.8) is 0 Å². The quantitative estimate of drug-likeness (QED) is 0.435. The van der Waals surface area contributed by atoms with Crippen molar-refractivity contribution in [2.45, 2.75) is 40.2 Å². The monoisotopic (exact) mass is 411 g/mol. The molecule has 5 nitrogen and oxygen atoms in total. The molecule has 2 rings (SSSR count). The average Bonchev–Trinajstić information content (AvgIpc) is 2.74. The number of esters is 2. The fourth-order valence-corrected chi connectivity index (χ4v) is 3.47. The van der Waals surface area contributed by atoms with Crippen LogP contribution in [0.5, 0.6) is 0 Å². The molecule has 2 aromatic rings. The minimum Gasteiger partial charge on any atom is -0.465 e. The van der Waals surface area contributed by atoms with Crippen molar-refractivity contribution < 1.29 is 19.1 Å². The molecule has 0 fully saturated rings. The summed E-state index contributed by atoms with van der Waals surface area (Å²) in [5.41, 5.74) is 1.98. The van der Waals surface area contributed by atoms with Crippen LogP contribution in [0.2, 0.25) is 0 Å². The van der Waals surface area contributed by atoms with Gasteiger partial charge in [0.15, 0.2) is 5.92 Å². The Morgan fingerprint density at radius 2 is 1.27 bits per heavy atom. The first-order chi connectivity index (χ1) is 14.4. The summed E-state index contributed by atoms with van der Waals surface area (Å²) in [5, 5.41) is 3.64. The molecular formula is C25H33NO4. The summed E-state index contributed by atoms with van der Waals surface area (Å²) in [6.07, 6.45) is 0.341. The van der Waals surface area contributed by atoms with Crippen molar-refractivity contribution in [3.8, 4) is 0 Å². The molecule has 0 saturated heterocycles. The molecule has 30 heavy (non-hydrogen) atoms. The number of hydrogen-bond acceptors (Lipinski definition) is 5. The highest BCUT2D eigenvalue weighted by atomic mass is 16.6. The van der Waals surface area contributed by atoms with Crippen LogP contribution >= 0.6 is 0 Å². The SMILES string of the molecule is CCOC(=O)C(CC(C)(C)CNC(c1ccccc1)c1ccccc1)C(=O)OCC. The molecule has 0 amide bonds. The van der Waals surface area contributed by atoms with Gasteiger partial charge in [0.05, 0.1) is 19.3 Å². The van der Waals surface area contributed by atoms with Crippen molar-refractivity contribution in [3.05, 3.63) is 71.8 Å². The molecule has 0 aliphatic rings. The summed E-state index contributed by atoms with van der Waals surface area (Å²) in [6.45, 7) is 8.62. The molecule has 0 aromatic heterocycles. The minimum atomic E-state index is -0.923. The van der Waals surface area contributed by atoms with Gasteiger partial charge in [-0.3, -0.25) is 9.59 Å². The van der Waals surface area contributed by atoms with Crippen LogP contribution in [0.15, 0.2) is 60.7 Å². The zero-order valence-electron chi connectivity index (χ0n) is 18.4. The minimum absolute atomic E-state index is 0.00955. The fraction of sp³-hybridized carbons (Fsp3) is 0.440. The summed E-state index contributed by atoms with van der Waals surface area (Å²) in [7, 11) is 0. The molecule has 0 aliphatic heterocycles. The number of nitrogens with one attached hydrogen (secondary N) is 1. The van der Waals surface area contributed by atoms with Gasteiger partial charge in [-0.1, -0.05) is 74.5 Å². The van der Waals surface area contributed by atoms with Gasteiger partial charge in [0.2, 0.25) is 0 Å². The second-order valence-corrected chi connectivity index (χ2v) is 8.06. The van der Waals surface area contributed by atoms with Gasteiger partial charge in [-0.2, -0.15) is 0 Å². The maximum absolute atomic E-state index is 12.4. The Hall–Kier alpha value is -2.66. The van der Waals surface area contributed by atoms with E-state index in [4.69, 9.17) is 9.47 Å². The van der Waals surface area contributed by atoms with E-state index in [9.17, 15) is 9.59 Å². The summed E-state index contributed by atoms with van der Waals surface area (Å²) in [4.78, 5) is 24.7. The summed E-state index contributed by atoms with van der Waals surface area (Å²) in [5.74, 6) is -1.97. The lowest BCUT2D eigenvalue weighted by Gasteiger charge is -2.31. The van der Waals surface area contributed by atoms with Gasteiger partial charge < -0.3 is 14.8 Å². The van der Waals surface area contributed by atoms with E-state index >= 15 is 0 Å². The van der Waals surface area contributed by atoms with Crippen molar-refractivity contribution >= 4 is 11.9 Å². The normalized spacial score (nSPS) is 11.5. The molecule has 0 saturated carbocycles. The van der Waals surface area contributed by atoms with Gasteiger partial charge in [-0.15, -0.1) is 0 Å². The molecule has 0 bridgehead atoms. The molecule has 0 heterocycles. The Balaban J connectivity index is 2.16. The zero-order chi connectivity index (χ0) is 22.0. The maximum atomic E-state index is 12.4. The highest BCUT2D eigenvalue weighted by molar-refractivity contribution is 5.94.